The third-order valence-corrected chi connectivity index (χ3v) is 3.67. The number of hydrogen-bond donors (Lipinski definition) is 2. The van der Waals surface area contributed by atoms with E-state index in [2.05, 4.69) is 15.7 Å². The quantitative estimate of drug-likeness (QED) is 0.832. The molecule has 2 heterocycles. The van der Waals surface area contributed by atoms with Crippen LogP contribution in [0.15, 0.2) is 42.7 Å². The minimum absolute atomic E-state index is 0.0650. The van der Waals surface area contributed by atoms with Gasteiger partial charge in [-0.3, -0.25) is 14.9 Å². The Morgan fingerprint density at radius 1 is 1.25 bits per heavy atom. The van der Waals surface area contributed by atoms with E-state index in [0.717, 1.165) is 11.3 Å². The maximum Gasteiger partial charge on any atom is 0.324 e. The molecular weight excluding hydrogens is 310 g/mol. The van der Waals surface area contributed by atoms with E-state index in [1.165, 1.54) is 4.90 Å². The number of hydrogen-bond acceptors (Lipinski definition) is 4. The van der Waals surface area contributed by atoms with Crippen LogP contribution in [-0.2, 0) is 16.1 Å². The average Bonchev–Trinajstić information content (AvgIpc) is 3.11. The lowest BCUT2D eigenvalue weighted by atomic mass is 10.2. The molecule has 1 aliphatic heterocycles. The Labute approximate surface area is 138 Å². The number of amides is 4. The van der Waals surface area contributed by atoms with Crippen molar-refractivity contribution in [2.45, 2.75) is 13.0 Å². The van der Waals surface area contributed by atoms with E-state index < -0.39 is 6.03 Å². The molecule has 1 aromatic carbocycles. The van der Waals surface area contributed by atoms with Crippen molar-refractivity contribution in [1.29, 1.82) is 0 Å². The second-order valence-corrected chi connectivity index (χ2v) is 5.42. The van der Waals surface area contributed by atoms with Gasteiger partial charge in [-0.15, -0.1) is 0 Å². The van der Waals surface area contributed by atoms with Crippen LogP contribution < -0.4 is 10.6 Å². The first-order valence-electron chi connectivity index (χ1n) is 7.56. The van der Waals surface area contributed by atoms with Gasteiger partial charge in [-0.1, -0.05) is 12.1 Å². The van der Waals surface area contributed by atoms with Crippen LogP contribution in [0.2, 0.25) is 0 Å². The second-order valence-electron chi connectivity index (χ2n) is 5.42. The van der Waals surface area contributed by atoms with E-state index in [1.54, 1.807) is 10.9 Å². The van der Waals surface area contributed by atoms with E-state index in [1.807, 2.05) is 36.5 Å². The summed E-state index contributed by atoms with van der Waals surface area (Å²) >= 11 is 0. The molecule has 124 valence electrons. The molecule has 1 saturated heterocycles. The predicted molar refractivity (Wildman–Crippen MR) is 85.1 cm³/mol. The Morgan fingerprint density at radius 3 is 2.71 bits per heavy atom. The summed E-state index contributed by atoms with van der Waals surface area (Å²) < 4.78 is 1.75. The highest BCUT2D eigenvalue weighted by atomic mass is 16.2. The number of aromatic nitrogens is 2. The molecule has 2 N–H and O–H groups in total. The van der Waals surface area contributed by atoms with Crippen molar-refractivity contribution >= 4 is 17.8 Å². The first-order chi connectivity index (χ1) is 11.6. The molecule has 3 rings (SSSR count). The van der Waals surface area contributed by atoms with E-state index in [4.69, 9.17) is 0 Å². The highest BCUT2D eigenvalue weighted by Gasteiger charge is 2.24. The average molecular weight is 327 g/mol. The van der Waals surface area contributed by atoms with Crippen molar-refractivity contribution in [3.8, 4) is 5.69 Å². The number of rotatable bonds is 5. The molecular formula is C16H17N5O3. The summed E-state index contributed by atoms with van der Waals surface area (Å²) in [5.41, 5.74) is 1.88. The van der Waals surface area contributed by atoms with E-state index in [0.29, 0.717) is 6.54 Å². The molecule has 0 bridgehead atoms. The number of nitrogens with one attached hydrogen (secondary N) is 2. The summed E-state index contributed by atoms with van der Waals surface area (Å²) in [6, 6.07) is 8.96. The minimum Gasteiger partial charge on any atom is -0.350 e. The molecule has 0 aliphatic carbocycles. The van der Waals surface area contributed by atoms with Gasteiger partial charge in [0.25, 0.3) is 0 Å². The summed E-state index contributed by atoms with van der Waals surface area (Å²) in [5.74, 6) is -0.579. The number of carbonyl (C=O) groups is 3. The molecule has 8 nitrogen and oxygen atoms in total. The van der Waals surface area contributed by atoms with Crippen molar-refractivity contribution < 1.29 is 14.4 Å². The van der Waals surface area contributed by atoms with Gasteiger partial charge in [-0.05, 0) is 23.8 Å². The smallest absolute Gasteiger partial charge is 0.324 e. The molecule has 2 aromatic rings. The summed E-state index contributed by atoms with van der Waals surface area (Å²) in [4.78, 5) is 35.9. The lowest BCUT2D eigenvalue weighted by Crippen LogP contribution is -2.52. The zero-order valence-electron chi connectivity index (χ0n) is 12.9. The van der Waals surface area contributed by atoms with E-state index in [9.17, 15) is 14.4 Å². The Hall–Kier alpha value is -3.16. The van der Waals surface area contributed by atoms with Crippen molar-refractivity contribution in [3.05, 3.63) is 48.3 Å². The van der Waals surface area contributed by atoms with E-state index in [-0.39, 0.29) is 31.3 Å². The molecule has 0 radical (unpaired) electrons. The maximum absolute atomic E-state index is 11.9. The number of benzene rings is 1. The van der Waals surface area contributed by atoms with Crippen LogP contribution in [0.3, 0.4) is 0 Å². The van der Waals surface area contributed by atoms with Crippen molar-refractivity contribution in [2.75, 3.05) is 13.1 Å². The highest BCUT2D eigenvalue weighted by Crippen LogP contribution is 2.08. The normalized spacial score (nSPS) is 14.4. The van der Waals surface area contributed by atoms with Crippen LogP contribution in [0, 0.1) is 0 Å². The van der Waals surface area contributed by atoms with Crippen LogP contribution >= 0.6 is 0 Å². The van der Waals surface area contributed by atoms with Gasteiger partial charge in [-0.25, -0.2) is 9.48 Å². The van der Waals surface area contributed by atoms with E-state index >= 15 is 0 Å². The third-order valence-electron chi connectivity index (χ3n) is 3.67. The van der Waals surface area contributed by atoms with Gasteiger partial charge >= 0.3 is 6.03 Å². The van der Waals surface area contributed by atoms with Crippen LogP contribution in [0.1, 0.15) is 12.0 Å². The fraction of sp³-hybridized carbons (Fsp3) is 0.250. The first-order valence-corrected chi connectivity index (χ1v) is 7.56. The summed E-state index contributed by atoms with van der Waals surface area (Å²) in [5, 5.41) is 9.10. The van der Waals surface area contributed by atoms with Crippen molar-refractivity contribution in [2.24, 2.45) is 0 Å². The third kappa shape index (κ3) is 3.78. The van der Waals surface area contributed by atoms with Gasteiger partial charge in [0.1, 0.15) is 6.54 Å². The lowest BCUT2D eigenvalue weighted by Gasteiger charge is -2.25. The number of imide groups is 1. The van der Waals surface area contributed by atoms with Crippen LogP contribution in [0.4, 0.5) is 4.79 Å². The molecule has 0 spiro atoms. The number of carbonyl (C=O) groups excluding carboxylic acids is 3. The number of nitrogens with zero attached hydrogens (tertiary/aromatic N) is 3. The fourth-order valence-corrected chi connectivity index (χ4v) is 2.37. The Bertz CT molecular complexity index is 740. The monoisotopic (exact) mass is 327 g/mol. The fourth-order valence-electron chi connectivity index (χ4n) is 2.37. The first kappa shape index (κ1) is 15.7. The largest absolute Gasteiger partial charge is 0.350 e. The molecule has 0 atom stereocenters. The van der Waals surface area contributed by atoms with Gasteiger partial charge in [0.05, 0.1) is 5.69 Å². The van der Waals surface area contributed by atoms with Gasteiger partial charge in [0, 0.05) is 31.9 Å². The van der Waals surface area contributed by atoms with Gasteiger partial charge in [0.2, 0.25) is 11.8 Å². The number of urea groups is 1. The summed E-state index contributed by atoms with van der Waals surface area (Å²) in [6.07, 6.45) is 3.78. The molecule has 8 heteroatoms. The zero-order chi connectivity index (χ0) is 16.9. The van der Waals surface area contributed by atoms with Crippen molar-refractivity contribution in [3.63, 3.8) is 0 Å². The second kappa shape index (κ2) is 6.95. The van der Waals surface area contributed by atoms with Crippen molar-refractivity contribution in [1.82, 2.24) is 25.3 Å². The summed E-state index contributed by atoms with van der Waals surface area (Å²) in [7, 11) is 0. The molecule has 1 aliphatic rings. The Morgan fingerprint density at radius 2 is 2.04 bits per heavy atom. The zero-order valence-corrected chi connectivity index (χ0v) is 12.9. The molecule has 24 heavy (non-hydrogen) atoms. The SMILES string of the molecule is O=C(CN1CCC(=O)NC1=O)NCc1ccc(-n2cccn2)cc1. The maximum atomic E-state index is 11.9. The van der Waals surface area contributed by atoms with Gasteiger partial charge < -0.3 is 10.2 Å². The summed E-state index contributed by atoms with van der Waals surface area (Å²) in [6.45, 7) is 0.563. The predicted octanol–water partition coefficient (Wildman–Crippen LogP) is 0.430. The topological polar surface area (TPSA) is 96.3 Å². The van der Waals surface area contributed by atoms with Crippen LogP contribution in [-0.4, -0.2) is 45.6 Å². The molecule has 1 aromatic heterocycles. The standard InChI is InChI=1S/C16H17N5O3/c22-14-6-9-20(16(24)19-14)11-15(23)17-10-12-2-4-13(5-3-12)21-8-1-7-18-21/h1-5,7-8H,6,9-11H2,(H,17,23)(H,19,22,24). The highest BCUT2D eigenvalue weighted by molar-refractivity contribution is 5.98. The molecule has 1 fully saturated rings. The van der Waals surface area contributed by atoms with Crippen LogP contribution in [0.25, 0.3) is 5.69 Å². The molecule has 4 amide bonds. The van der Waals surface area contributed by atoms with Gasteiger partial charge in [0.15, 0.2) is 0 Å². The molecule has 0 saturated carbocycles. The van der Waals surface area contributed by atoms with Gasteiger partial charge in [-0.2, -0.15) is 5.10 Å². The minimum atomic E-state index is -0.523. The Kier molecular flexibility index (Phi) is 4.55. The lowest BCUT2D eigenvalue weighted by molar-refractivity contribution is -0.125. The molecule has 0 unspecified atom stereocenters. The van der Waals surface area contributed by atoms with Crippen LogP contribution in [0.5, 0.6) is 0 Å². The Balaban J connectivity index is 1.49.